The zero-order chi connectivity index (χ0) is 16.2. The molecule has 0 amide bonds. The Morgan fingerprint density at radius 2 is 1.74 bits per heavy atom. The number of fused-ring (bicyclic) bond motifs is 2. The van der Waals surface area contributed by atoms with Crippen molar-refractivity contribution >= 4 is 21.9 Å². The van der Waals surface area contributed by atoms with Crippen molar-refractivity contribution < 1.29 is 0 Å². The molecule has 2 heterocycles. The van der Waals surface area contributed by atoms with Gasteiger partial charge in [0, 0.05) is 18.0 Å². The Hall–Kier alpha value is -2.62. The second-order valence-electron chi connectivity index (χ2n) is 6.98. The predicted octanol–water partition coefficient (Wildman–Crippen LogP) is 4.35. The molecule has 0 N–H and O–H groups in total. The van der Waals surface area contributed by atoms with Gasteiger partial charge in [-0.3, -0.25) is 4.68 Å². The summed E-state index contributed by atoms with van der Waals surface area (Å²) >= 11 is 0. The summed E-state index contributed by atoms with van der Waals surface area (Å²) in [5.41, 5.74) is 4.37. The van der Waals surface area contributed by atoms with Crippen LogP contribution in [0, 0.1) is 0 Å². The van der Waals surface area contributed by atoms with E-state index in [9.17, 15) is 0 Å². The van der Waals surface area contributed by atoms with Gasteiger partial charge in [0.05, 0.1) is 28.3 Å². The minimum atomic E-state index is -0.0489. The quantitative estimate of drug-likeness (QED) is 0.524. The van der Waals surface area contributed by atoms with Gasteiger partial charge in [0.1, 0.15) is 5.82 Å². The normalized spacial score (nSPS) is 12.3. The lowest BCUT2D eigenvalue weighted by Crippen LogP contribution is -2.22. The minimum absolute atomic E-state index is 0.0489. The number of hydrogen-bond donors (Lipinski definition) is 0. The molecule has 0 saturated carbocycles. The Morgan fingerprint density at radius 3 is 2.48 bits per heavy atom. The Balaban J connectivity index is 1.96. The minimum Gasteiger partial charge on any atom is -0.327 e. The van der Waals surface area contributed by atoms with E-state index in [1.165, 1.54) is 0 Å². The molecule has 0 unspecified atom stereocenters. The van der Waals surface area contributed by atoms with E-state index in [-0.39, 0.29) is 5.54 Å². The SMILES string of the molecule is Cn1c(-c2ccc3cnn(C(C)(C)C)c3c2)nc2ccccc21. The second-order valence-corrected chi connectivity index (χ2v) is 6.98. The molecule has 0 radical (unpaired) electrons. The molecule has 0 aliphatic carbocycles. The van der Waals surface area contributed by atoms with Crippen molar-refractivity contribution in [3.05, 3.63) is 48.7 Å². The van der Waals surface area contributed by atoms with E-state index in [0.29, 0.717) is 0 Å². The van der Waals surface area contributed by atoms with Gasteiger partial charge in [0.15, 0.2) is 0 Å². The highest BCUT2D eigenvalue weighted by Crippen LogP contribution is 2.28. The molecule has 4 aromatic rings. The maximum atomic E-state index is 4.80. The van der Waals surface area contributed by atoms with E-state index in [1.807, 2.05) is 18.3 Å². The maximum Gasteiger partial charge on any atom is 0.140 e. The molecule has 0 bridgehead atoms. The zero-order valence-corrected chi connectivity index (χ0v) is 13.9. The standard InChI is InChI=1S/C19H20N4/c1-19(2,3)23-17-11-13(9-10-14(17)12-20-23)18-21-15-7-5-6-8-16(15)22(18)4/h5-12H,1-4H3. The van der Waals surface area contributed by atoms with E-state index in [1.54, 1.807) is 0 Å². The van der Waals surface area contributed by atoms with Gasteiger partial charge in [-0.25, -0.2) is 4.98 Å². The first-order valence-electron chi connectivity index (χ1n) is 7.85. The monoisotopic (exact) mass is 304 g/mol. The van der Waals surface area contributed by atoms with E-state index in [4.69, 9.17) is 4.98 Å². The molecule has 0 spiro atoms. The van der Waals surface area contributed by atoms with Crippen LogP contribution in [0.1, 0.15) is 20.8 Å². The average molecular weight is 304 g/mol. The van der Waals surface area contributed by atoms with Crippen molar-refractivity contribution in [1.82, 2.24) is 19.3 Å². The van der Waals surface area contributed by atoms with E-state index in [2.05, 4.69) is 72.5 Å². The van der Waals surface area contributed by atoms with Crippen molar-refractivity contribution in [3.8, 4) is 11.4 Å². The number of aryl methyl sites for hydroxylation is 1. The smallest absolute Gasteiger partial charge is 0.140 e. The number of aromatic nitrogens is 4. The van der Waals surface area contributed by atoms with Crippen LogP contribution < -0.4 is 0 Å². The van der Waals surface area contributed by atoms with E-state index < -0.39 is 0 Å². The number of imidazole rings is 1. The fraction of sp³-hybridized carbons (Fsp3) is 0.263. The summed E-state index contributed by atoms with van der Waals surface area (Å²) in [6, 6.07) is 14.7. The zero-order valence-electron chi connectivity index (χ0n) is 13.9. The number of benzene rings is 2. The van der Waals surface area contributed by atoms with E-state index in [0.717, 1.165) is 33.3 Å². The van der Waals surface area contributed by atoms with Crippen molar-refractivity contribution in [3.63, 3.8) is 0 Å². The molecule has 2 aromatic carbocycles. The summed E-state index contributed by atoms with van der Waals surface area (Å²) in [6.07, 6.45) is 1.93. The van der Waals surface area contributed by atoms with Crippen molar-refractivity contribution in [2.75, 3.05) is 0 Å². The maximum absolute atomic E-state index is 4.80. The molecule has 0 aliphatic heterocycles. The molecule has 0 saturated heterocycles. The molecule has 4 rings (SSSR count). The first-order valence-corrected chi connectivity index (χ1v) is 7.85. The number of rotatable bonds is 1. The third kappa shape index (κ3) is 2.13. The lowest BCUT2D eigenvalue weighted by molar-refractivity contribution is 0.368. The van der Waals surface area contributed by atoms with Crippen molar-refractivity contribution in [2.45, 2.75) is 26.3 Å². The highest BCUT2D eigenvalue weighted by Gasteiger charge is 2.18. The van der Waals surface area contributed by atoms with Gasteiger partial charge < -0.3 is 4.57 Å². The van der Waals surface area contributed by atoms with Crippen molar-refractivity contribution in [2.24, 2.45) is 7.05 Å². The molecule has 2 aromatic heterocycles. The van der Waals surface area contributed by atoms with Gasteiger partial charge >= 0.3 is 0 Å². The third-order valence-electron chi connectivity index (χ3n) is 4.25. The Bertz CT molecular complexity index is 1010. The van der Waals surface area contributed by atoms with Crippen LogP contribution in [0.4, 0.5) is 0 Å². The van der Waals surface area contributed by atoms with Crippen LogP contribution in [0.3, 0.4) is 0 Å². The Labute approximate surface area is 135 Å². The molecule has 116 valence electrons. The van der Waals surface area contributed by atoms with Gasteiger partial charge in [-0.2, -0.15) is 5.10 Å². The number of para-hydroxylation sites is 2. The fourth-order valence-electron chi connectivity index (χ4n) is 3.10. The van der Waals surface area contributed by atoms with Gasteiger partial charge in [0.2, 0.25) is 0 Å². The number of nitrogens with zero attached hydrogens (tertiary/aromatic N) is 4. The first kappa shape index (κ1) is 14.0. The molecule has 4 heteroatoms. The van der Waals surface area contributed by atoms with Crippen LogP contribution in [0.2, 0.25) is 0 Å². The van der Waals surface area contributed by atoms with Crippen LogP contribution in [-0.4, -0.2) is 19.3 Å². The van der Waals surface area contributed by atoms with E-state index >= 15 is 0 Å². The van der Waals surface area contributed by atoms with Gasteiger partial charge in [0.25, 0.3) is 0 Å². The third-order valence-corrected chi connectivity index (χ3v) is 4.25. The molecule has 0 aliphatic rings. The summed E-state index contributed by atoms with van der Waals surface area (Å²) in [5.74, 6) is 0.981. The fourth-order valence-corrected chi connectivity index (χ4v) is 3.10. The topological polar surface area (TPSA) is 35.6 Å². The average Bonchev–Trinajstić information content (AvgIpc) is 3.08. The van der Waals surface area contributed by atoms with Gasteiger partial charge in [-0.05, 0) is 39.0 Å². The van der Waals surface area contributed by atoms with Crippen LogP contribution in [0.25, 0.3) is 33.3 Å². The van der Waals surface area contributed by atoms with Gasteiger partial charge in [-0.1, -0.05) is 24.3 Å². The van der Waals surface area contributed by atoms with Crippen LogP contribution in [0.5, 0.6) is 0 Å². The summed E-state index contributed by atoms with van der Waals surface area (Å²) in [6.45, 7) is 6.50. The first-order chi connectivity index (χ1) is 10.9. The summed E-state index contributed by atoms with van der Waals surface area (Å²) in [5, 5.41) is 5.71. The second kappa shape index (κ2) is 4.69. The van der Waals surface area contributed by atoms with Crippen LogP contribution in [0.15, 0.2) is 48.7 Å². The molecule has 23 heavy (non-hydrogen) atoms. The van der Waals surface area contributed by atoms with Crippen LogP contribution >= 0.6 is 0 Å². The Morgan fingerprint density at radius 1 is 0.957 bits per heavy atom. The van der Waals surface area contributed by atoms with Crippen molar-refractivity contribution in [1.29, 1.82) is 0 Å². The van der Waals surface area contributed by atoms with Crippen LogP contribution in [-0.2, 0) is 12.6 Å². The molecular formula is C19H20N4. The lowest BCUT2D eigenvalue weighted by atomic mass is 10.1. The predicted molar refractivity (Wildman–Crippen MR) is 94.4 cm³/mol. The largest absolute Gasteiger partial charge is 0.327 e. The molecular weight excluding hydrogens is 284 g/mol. The lowest BCUT2D eigenvalue weighted by Gasteiger charge is -2.20. The molecule has 4 nitrogen and oxygen atoms in total. The highest BCUT2D eigenvalue weighted by molar-refractivity contribution is 5.86. The number of hydrogen-bond acceptors (Lipinski definition) is 2. The summed E-state index contributed by atoms with van der Waals surface area (Å²) in [4.78, 5) is 4.80. The molecule has 0 atom stereocenters. The summed E-state index contributed by atoms with van der Waals surface area (Å²) in [7, 11) is 2.07. The van der Waals surface area contributed by atoms with Gasteiger partial charge in [-0.15, -0.1) is 0 Å². The molecule has 0 fully saturated rings. The summed E-state index contributed by atoms with van der Waals surface area (Å²) < 4.78 is 4.22. The Kier molecular flexibility index (Phi) is 2.85. The highest BCUT2D eigenvalue weighted by atomic mass is 15.3.